The molecule has 0 heterocycles. The molecule has 0 aliphatic carbocycles. The molecule has 0 unspecified atom stereocenters. The Bertz CT molecular complexity index is 415. The van der Waals surface area contributed by atoms with Crippen molar-refractivity contribution < 1.29 is 9.53 Å². The summed E-state index contributed by atoms with van der Waals surface area (Å²) in [5, 5.41) is 2.92. The van der Waals surface area contributed by atoms with E-state index in [1.807, 2.05) is 39.0 Å². The van der Waals surface area contributed by atoms with Gasteiger partial charge in [-0.2, -0.15) is 0 Å². The minimum absolute atomic E-state index is 0.0168. The molecule has 0 bridgehead atoms. The number of nitrogens with one attached hydrogen (secondary N) is 1. The smallest absolute Gasteiger partial charge is 0.261 e. The molecule has 0 aliphatic rings. The number of carbonyl (C=O) groups excluding carboxylic acids is 1. The van der Waals surface area contributed by atoms with Crippen LogP contribution in [0.1, 0.15) is 44.2 Å². The van der Waals surface area contributed by atoms with E-state index in [0.29, 0.717) is 6.42 Å². The number of benzene rings is 1. The molecule has 1 N–H and O–H groups in total. The minimum atomic E-state index is -0.405. The lowest BCUT2D eigenvalue weighted by Crippen LogP contribution is -2.38. The minimum Gasteiger partial charge on any atom is -0.480 e. The van der Waals surface area contributed by atoms with Gasteiger partial charge in [-0.05, 0) is 43.9 Å². The fourth-order valence-electron chi connectivity index (χ4n) is 1.81. The lowest BCUT2D eigenvalue weighted by Gasteiger charge is -2.19. The predicted molar refractivity (Wildman–Crippen MR) is 78.5 cm³/mol. The Labute approximate surface area is 116 Å². The molecule has 19 heavy (non-hydrogen) atoms. The number of unbranched alkanes of at least 4 members (excludes halogenated alkanes) is 1. The highest BCUT2D eigenvalue weighted by atomic mass is 16.5. The molecule has 3 heteroatoms. The Morgan fingerprint density at radius 2 is 2.05 bits per heavy atom. The highest BCUT2D eigenvalue weighted by molar-refractivity contribution is 5.81. The molecule has 1 amide bonds. The average molecular weight is 263 g/mol. The number of hydrogen-bond donors (Lipinski definition) is 1. The summed E-state index contributed by atoms with van der Waals surface area (Å²) in [7, 11) is 0. The van der Waals surface area contributed by atoms with Crippen molar-refractivity contribution in [2.45, 2.75) is 53.1 Å². The van der Waals surface area contributed by atoms with Gasteiger partial charge in [0.25, 0.3) is 5.91 Å². The van der Waals surface area contributed by atoms with Crippen molar-refractivity contribution in [1.82, 2.24) is 5.32 Å². The van der Waals surface area contributed by atoms with Gasteiger partial charge in [0.15, 0.2) is 6.10 Å². The van der Waals surface area contributed by atoms with Crippen molar-refractivity contribution in [3.8, 4) is 5.75 Å². The largest absolute Gasteiger partial charge is 0.480 e. The average Bonchev–Trinajstić information content (AvgIpc) is 2.39. The zero-order valence-electron chi connectivity index (χ0n) is 12.5. The van der Waals surface area contributed by atoms with Gasteiger partial charge in [-0.25, -0.2) is 0 Å². The van der Waals surface area contributed by atoms with Crippen LogP contribution in [0.3, 0.4) is 0 Å². The van der Waals surface area contributed by atoms with Crippen LogP contribution in [0, 0.1) is 13.8 Å². The van der Waals surface area contributed by atoms with E-state index in [-0.39, 0.29) is 5.91 Å². The quantitative estimate of drug-likeness (QED) is 0.766. The fraction of sp³-hybridized carbons (Fsp3) is 0.562. The summed E-state index contributed by atoms with van der Waals surface area (Å²) in [6, 6.07) is 6.05. The lowest BCUT2D eigenvalue weighted by atomic mass is 10.1. The molecule has 1 atom stereocenters. The maximum atomic E-state index is 12.0. The number of carbonyl (C=O) groups is 1. The van der Waals surface area contributed by atoms with Gasteiger partial charge in [0, 0.05) is 6.54 Å². The molecule has 106 valence electrons. The van der Waals surface area contributed by atoms with Crippen molar-refractivity contribution in [3.63, 3.8) is 0 Å². The molecular formula is C16H25NO2. The monoisotopic (exact) mass is 263 g/mol. The zero-order chi connectivity index (χ0) is 14.3. The van der Waals surface area contributed by atoms with Gasteiger partial charge in [0.05, 0.1) is 0 Å². The molecule has 0 aromatic heterocycles. The first-order valence-corrected chi connectivity index (χ1v) is 7.10. The van der Waals surface area contributed by atoms with E-state index in [1.54, 1.807) is 0 Å². The Balaban J connectivity index is 2.65. The SMILES string of the molecule is CCCCNC(=O)[C@@H](CC)Oc1cc(C)ccc1C. The van der Waals surface area contributed by atoms with Crippen molar-refractivity contribution in [2.75, 3.05) is 6.54 Å². The van der Waals surface area contributed by atoms with E-state index in [0.717, 1.165) is 36.3 Å². The van der Waals surface area contributed by atoms with Crippen LogP contribution < -0.4 is 10.1 Å². The summed E-state index contributed by atoms with van der Waals surface area (Å²) in [4.78, 5) is 12.0. The van der Waals surface area contributed by atoms with Gasteiger partial charge >= 0.3 is 0 Å². The van der Waals surface area contributed by atoms with Crippen molar-refractivity contribution in [1.29, 1.82) is 0 Å². The maximum absolute atomic E-state index is 12.0. The van der Waals surface area contributed by atoms with Gasteiger partial charge in [0.2, 0.25) is 0 Å². The summed E-state index contributed by atoms with van der Waals surface area (Å²) in [6.07, 6.45) is 2.35. The highest BCUT2D eigenvalue weighted by Gasteiger charge is 2.18. The van der Waals surface area contributed by atoms with Crippen molar-refractivity contribution >= 4 is 5.91 Å². The van der Waals surface area contributed by atoms with Crippen LogP contribution in [0.5, 0.6) is 5.75 Å². The normalized spacial score (nSPS) is 12.0. The third-order valence-corrected chi connectivity index (χ3v) is 3.11. The Morgan fingerprint density at radius 1 is 1.32 bits per heavy atom. The first kappa shape index (κ1) is 15.5. The van der Waals surface area contributed by atoms with Gasteiger partial charge in [0.1, 0.15) is 5.75 Å². The van der Waals surface area contributed by atoms with Crippen molar-refractivity contribution in [2.24, 2.45) is 0 Å². The number of aryl methyl sites for hydroxylation is 2. The zero-order valence-corrected chi connectivity index (χ0v) is 12.5. The van der Waals surface area contributed by atoms with E-state index < -0.39 is 6.10 Å². The van der Waals surface area contributed by atoms with Crippen LogP contribution in [-0.2, 0) is 4.79 Å². The lowest BCUT2D eigenvalue weighted by molar-refractivity contribution is -0.128. The summed E-state index contributed by atoms with van der Waals surface area (Å²) >= 11 is 0. The third kappa shape index (κ3) is 4.93. The van der Waals surface area contributed by atoms with Gasteiger partial charge in [-0.15, -0.1) is 0 Å². The molecule has 3 nitrogen and oxygen atoms in total. The van der Waals surface area contributed by atoms with Gasteiger partial charge in [-0.1, -0.05) is 32.4 Å². The summed E-state index contributed by atoms with van der Waals surface area (Å²) in [5.74, 6) is 0.786. The summed E-state index contributed by atoms with van der Waals surface area (Å²) in [5.41, 5.74) is 2.20. The van der Waals surface area contributed by atoms with Crippen LogP contribution in [-0.4, -0.2) is 18.6 Å². The van der Waals surface area contributed by atoms with Crippen LogP contribution in [0.25, 0.3) is 0 Å². The highest BCUT2D eigenvalue weighted by Crippen LogP contribution is 2.21. The number of ether oxygens (including phenoxy) is 1. The number of amides is 1. The second-order valence-electron chi connectivity index (χ2n) is 4.93. The Morgan fingerprint density at radius 3 is 2.68 bits per heavy atom. The second kappa shape index (κ2) is 7.82. The number of rotatable bonds is 7. The first-order chi connectivity index (χ1) is 9.08. The summed E-state index contributed by atoms with van der Waals surface area (Å²) in [6.45, 7) is 8.82. The second-order valence-corrected chi connectivity index (χ2v) is 4.93. The fourth-order valence-corrected chi connectivity index (χ4v) is 1.81. The van der Waals surface area contributed by atoms with Crippen LogP contribution in [0.2, 0.25) is 0 Å². The third-order valence-electron chi connectivity index (χ3n) is 3.11. The standard InChI is InChI=1S/C16H25NO2/c1-5-7-10-17-16(18)14(6-2)19-15-11-12(3)8-9-13(15)4/h8-9,11,14H,5-7,10H2,1-4H3,(H,17,18)/t14-/m1/s1. The Kier molecular flexibility index (Phi) is 6.40. The van der Waals surface area contributed by atoms with Gasteiger partial charge < -0.3 is 10.1 Å². The molecule has 0 spiro atoms. The molecule has 0 aliphatic heterocycles. The number of hydrogen-bond acceptors (Lipinski definition) is 2. The Hall–Kier alpha value is -1.51. The molecule has 1 rings (SSSR count). The first-order valence-electron chi connectivity index (χ1n) is 7.10. The van der Waals surface area contributed by atoms with E-state index in [9.17, 15) is 4.79 Å². The van der Waals surface area contributed by atoms with Gasteiger partial charge in [-0.3, -0.25) is 4.79 Å². The van der Waals surface area contributed by atoms with Crippen molar-refractivity contribution in [3.05, 3.63) is 29.3 Å². The van der Waals surface area contributed by atoms with E-state index >= 15 is 0 Å². The maximum Gasteiger partial charge on any atom is 0.261 e. The van der Waals surface area contributed by atoms with E-state index in [1.165, 1.54) is 0 Å². The van der Waals surface area contributed by atoms with E-state index in [2.05, 4.69) is 12.2 Å². The molecular weight excluding hydrogens is 238 g/mol. The molecule has 1 aromatic rings. The molecule has 0 radical (unpaired) electrons. The van der Waals surface area contributed by atoms with Crippen LogP contribution >= 0.6 is 0 Å². The molecule has 0 fully saturated rings. The van der Waals surface area contributed by atoms with Crippen LogP contribution in [0.4, 0.5) is 0 Å². The molecule has 1 aromatic carbocycles. The molecule has 0 saturated heterocycles. The molecule has 0 saturated carbocycles. The topological polar surface area (TPSA) is 38.3 Å². The van der Waals surface area contributed by atoms with E-state index in [4.69, 9.17) is 4.74 Å². The summed E-state index contributed by atoms with van der Waals surface area (Å²) < 4.78 is 5.86. The van der Waals surface area contributed by atoms with Crippen LogP contribution in [0.15, 0.2) is 18.2 Å². The predicted octanol–water partition coefficient (Wildman–Crippen LogP) is 3.38.